The molecule has 1 aromatic heterocycles. The van der Waals surface area contributed by atoms with Crippen molar-refractivity contribution >= 4 is 10.9 Å². The van der Waals surface area contributed by atoms with E-state index in [9.17, 15) is 0 Å². The Morgan fingerprint density at radius 1 is 1.14 bits per heavy atom. The summed E-state index contributed by atoms with van der Waals surface area (Å²) in [5.41, 5.74) is 6.28. The standard InChI is InChI=1S/C19H28N2/c1-3-13-21-14-16(11-12-20-2)19-17-8-6-4-5-7-15(17)9-10-18(19)21/h9-10,14,20H,3-8,11-13H2,1-2H3. The Hall–Kier alpha value is -1.28. The van der Waals surface area contributed by atoms with E-state index in [1.54, 1.807) is 22.1 Å². The number of benzene rings is 1. The zero-order chi connectivity index (χ0) is 14.7. The molecule has 0 bridgehead atoms. The monoisotopic (exact) mass is 284 g/mol. The lowest BCUT2D eigenvalue weighted by atomic mass is 9.96. The molecule has 1 aliphatic rings. The van der Waals surface area contributed by atoms with Gasteiger partial charge in [-0.15, -0.1) is 0 Å². The maximum absolute atomic E-state index is 3.31. The molecule has 3 rings (SSSR count). The van der Waals surface area contributed by atoms with Crippen molar-refractivity contribution in [1.29, 1.82) is 0 Å². The molecule has 0 fully saturated rings. The van der Waals surface area contributed by atoms with Gasteiger partial charge >= 0.3 is 0 Å². The van der Waals surface area contributed by atoms with Gasteiger partial charge in [0.25, 0.3) is 0 Å². The topological polar surface area (TPSA) is 17.0 Å². The van der Waals surface area contributed by atoms with E-state index in [2.05, 4.69) is 35.1 Å². The molecule has 0 aliphatic heterocycles. The highest BCUT2D eigenvalue weighted by molar-refractivity contribution is 5.88. The van der Waals surface area contributed by atoms with E-state index in [1.165, 1.54) is 44.0 Å². The van der Waals surface area contributed by atoms with Crippen molar-refractivity contribution in [3.63, 3.8) is 0 Å². The molecule has 1 aliphatic carbocycles. The van der Waals surface area contributed by atoms with Crippen LogP contribution >= 0.6 is 0 Å². The van der Waals surface area contributed by atoms with Crippen LogP contribution in [0.5, 0.6) is 0 Å². The fraction of sp³-hybridized carbons (Fsp3) is 0.579. The van der Waals surface area contributed by atoms with E-state index in [1.807, 2.05) is 7.05 Å². The van der Waals surface area contributed by atoms with Gasteiger partial charge < -0.3 is 9.88 Å². The third-order valence-corrected chi connectivity index (χ3v) is 4.81. The first-order chi connectivity index (χ1) is 10.3. The van der Waals surface area contributed by atoms with E-state index in [4.69, 9.17) is 0 Å². The van der Waals surface area contributed by atoms with Gasteiger partial charge in [-0.25, -0.2) is 0 Å². The fourth-order valence-corrected chi connectivity index (χ4v) is 3.79. The zero-order valence-corrected chi connectivity index (χ0v) is 13.5. The first kappa shape index (κ1) is 14.6. The van der Waals surface area contributed by atoms with Gasteiger partial charge in [0.05, 0.1) is 0 Å². The Kier molecular flexibility index (Phi) is 4.64. The Morgan fingerprint density at radius 2 is 2.00 bits per heavy atom. The second-order valence-corrected chi connectivity index (χ2v) is 6.36. The summed E-state index contributed by atoms with van der Waals surface area (Å²) in [5, 5.41) is 4.89. The zero-order valence-electron chi connectivity index (χ0n) is 13.5. The van der Waals surface area contributed by atoms with Gasteiger partial charge in [-0.05, 0) is 74.9 Å². The Balaban J connectivity index is 2.14. The van der Waals surface area contributed by atoms with E-state index in [0.29, 0.717) is 0 Å². The molecule has 0 amide bonds. The lowest BCUT2D eigenvalue weighted by Gasteiger charge is -2.10. The largest absolute Gasteiger partial charge is 0.347 e. The lowest BCUT2D eigenvalue weighted by Crippen LogP contribution is -2.10. The van der Waals surface area contributed by atoms with Gasteiger partial charge in [-0.3, -0.25) is 0 Å². The summed E-state index contributed by atoms with van der Waals surface area (Å²) in [6.45, 7) is 4.46. The molecule has 1 aromatic carbocycles. The highest BCUT2D eigenvalue weighted by Crippen LogP contribution is 2.32. The highest BCUT2D eigenvalue weighted by atomic mass is 15.0. The maximum atomic E-state index is 3.31. The first-order valence-electron chi connectivity index (χ1n) is 8.62. The van der Waals surface area contributed by atoms with Crippen LogP contribution in [0.4, 0.5) is 0 Å². The minimum Gasteiger partial charge on any atom is -0.347 e. The fourth-order valence-electron chi connectivity index (χ4n) is 3.79. The lowest BCUT2D eigenvalue weighted by molar-refractivity contribution is 0.698. The third-order valence-electron chi connectivity index (χ3n) is 4.81. The molecule has 0 unspecified atom stereocenters. The van der Waals surface area contributed by atoms with E-state index >= 15 is 0 Å². The summed E-state index contributed by atoms with van der Waals surface area (Å²) in [7, 11) is 2.05. The van der Waals surface area contributed by atoms with Crippen molar-refractivity contribution in [2.75, 3.05) is 13.6 Å². The number of rotatable bonds is 5. The van der Waals surface area contributed by atoms with Crippen LogP contribution in [0.2, 0.25) is 0 Å². The summed E-state index contributed by atoms with van der Waals surface area (Å²) < 4.78 is 2.48. The van der Waals surface area contributed by atoms with Crippen LogP contribution in [0, 0.1) is 0 Å². The molecule has 21 heavy (non-hydrogen) atoms. The van der Waals surface area contributed by atoms with Crippen LogP contribution < -0.4 is 5.32 Å². The van der Waals surface area contributed by atoms with Gasteiger partial charge in [0.15, 0.2) is 0 Å². The maximum Gasteiger partial charge on any atom is 0.0486 e. The van der Waals surface area contributed by atoms with E-state index in [0.717, 1.165) is 19.5 Å². The average molecular weight is 284 g/mol. The van der Waals surface area contributed by atoms with Crippen LogP contribution in [0.25, 0.3) is 10.9 Å². The summed E-state index contributed by atoms with van der Waals surface area (Å²) in [6, 6.07) is 4.77. The van der Waals surface area contributed by atoms with Crippen molar-refractivity contribution in [3.05, 3.63) is 35.0 Å². The number of hydrogen-bond acceptors (Lipinski definition) is 1. The van der Waals surface area contributed by atoms with Crippen molar-refractivity contribution in [3.8, 4) is 0 Å². The Bertz CT molecular complexity index is 610. The van der Waals surface area contributed by atoms with Crippen LogP contribution in [-0.2, 0) is 25.8 Å². The number of hydrogen-bond donors (Lipinski definition) is 1. The molecular weight excluding hydrogens is 256 g/mol. The van der Waals surface area contributed by atoms with E-state index < -0.39 is 0 Å². The molecular formula is C19H28N2. The summed E-state index contributed by atoms with van der Waals surface area (Å²) >= 11 is 0. The predicted molar refractivity (Wildman–Crippen MR) is 91.1 cm³/mol. The predicted octanol–water partition coefficient (Wildman–Crippen LogP) is 4.08. The molecule has 0 radical (unpaired) electrons. The normalized spacial score (nSPS) is 15.1. The second-order valence-electron chi connectivity index (χ2n) is 6.36. The van der Waals surface area contributed by atoms with Gasteiger partial charge in [-0.1, -0.05) is 19.4 Å². The quantitative estimate of drug-likeness (QED) is 0.819. The van der Waals surface area contributed by atoms with Gasteiger partial charge in [0.1, 0.15) is 0 Å². The highest BCUT2D eigenvalue weighted by Gasteiger charge is 2.16. The number of nitrogens with one attached hydrogen (secondary N) is 1. The van der Waals surface area contributed by atoms with E-state index in [-0.39, 0.29) is 0 Å². The number of aromatic nitrogens is 1. The molecule has 114 valence electrons. The van der Waals surface area contributed by atoms with Crippen molar-refractivity contribution in [2.45, 2.75) is 58.4 Å². The van der Waals surface area contributed by atoms with Crippen molar-refractivity contribution in [1.82, 2.24) is 9.88 Å². The third kappa shape index (κ3) is 2.87. The SMILES string of the molecule is CCCn1cc(CCNC)c2c3c(ccc21)CCCCC3. The Morgan fingerprint density at radius 3 is 2.81 bits per heavy atom. The Labute approximate surface area is 128 Å². The van der Waals surface area contributed by atoms with Gasteiger partial charge in [-0.2, -0.15) is 0 Å². The molecule has 1 N–H and O–H groups in total. The summed E-state index contributed by atoms with van der Waals surface area (Å²) in [4.78, 5) is 0. The van der Waals surface area contributed by atoms with Crippen molar-refractivity contribution < 1.29 is 0 Å². The molecule has 0 atom stereocenters. The number of aryl methyl sites for hydroxylation is 3. The molecule has 2 aromatic rings. The minimum absolute atomic E-state index is 1.06. The average Bonchev–Trinajstić information content (AvgIpc) is 2.69. The number of fused-ring (bicyclic) bond motifs is 3. The molecule has 0 saturated carbocycles. The minimum atomic E-state index is 1.06. The van der Waals surface area contributed by atoms with Crippen LogP contribution in [-0.4, -0.2) is 18.2 Å². The number of likely N-dealkylation sites (N-methyl/N-ethyl adjacent to an activating group) is 1. The van der Waals surface area contributed by atoms with Crippen LogP contribution in [0.1, 0.15) is 49.3 Å². The van der Waals surface area contributed by atoms with Crippen LogP contribution in [0.15, 0.2) is 18.3 Å². The van der Waals surface area contributed by atoms with Gasteiger partial charge in [0, 0.05) is 23.6 Å². The van der Waals surface area contributed by atoms with Crippen LogP contribution in [0.3, 0.4) is 0 Å². The molecule has 1 heterocycles. The summed E-state index contributed by atoms with van der Waals surface area (Å²) in [5.74, 6) is 0. The molecule has 2 heteroatoms. The second kappa shape index (κ2) is 6.65. The number of nitrogens with zero attached hydrogens (tertiary/aromatic N) is 1. The molecule has 0 saturated heterocycles. The summed E-state index contributed by atoms with van der Waals surface area (Å²) in [6.07, 6.45) is 11.4. The first-order valence-corrected chi connectivity index (χ1v) is 8.62. The van der Waals surface area contributed by atoms with Crippen molar-refractivity contribution in [2.24, 2.45) is 0 Å². The molecule has 0 spiro atoms. The van der Waals surface area contributed by atoms with Gasteiger partial charge in [0.2, 0.25) is 0 Å². The smallest absolute Gasteiger partial charge is 0.0486 e. The molecule has 2 nitrogen and oxygen atoms in total.